The van der Waals surface area contributed by atoms with Crippen LogP contribution in [0.25, 0.3) is 0 Å². The minimum Gasteiger partial charge on any atom is -0.396 e. The van der Waals surface area contributed by atoms with E-state index in [-0.39, 0.29) is 5.79 Å². The largest absolute Gasteiger partial charge is 0.396 e. The highest BCUT2D eigenvalue weighted by molar-refractivity contribution is 4.65. The average Bonchev–Trinajstić information content (AvgIpc) is 2.46. The molecule has 1 saturated heterocycles. The number of aliphatic hydroxyl groups excluding tert-OH is 1. The number of hydrogen-bond donors (Lipinski definition) is 1. The van der Waals surface area contributed by atoms with Crippen LogP contribution in [-0.4, -0.2) is 62.9 Å². The molecule has 1 N–H and O–H groups in total. The third-order valence-electron chi connectivity index (χ3n) is 3.81. The summed E-state index contributed by atoms with van der Waals surface area (Å²) in [4.78, 5) is 0. The summed E-state index contributed by atoms with van der Waals surface area (Å²) in [7, 11) is 6.64. The van der Waals surface area contributed by atoms with Gasteiger partial charge in [0.05, 0.1) is 40.9 Å². The van der Waals surface area contributed by atoms with Crippen LogP contribution in [0.2, 0.25) is 0 Å². The number of hydrogen-bond acceptors (Lipinski definition) is 3. The fourth-order valence-electron chi connectivity index (χ4n) is 1.76. The molecule has 0 amide bonds. The normalized spacial score (nSPS) is 19.0. The van der Waals surface area contributed by atoms with Gasteiger partial charge in [0.1, 0.15) is 0 Å². The molecule has 1 heterocycles. The van der Waals surface area contributed by atoms with Crippen molar-refractivity contribution in [3.63, 3.8) is 0 Å². The van der Waals surface area contributed by atoms with Gasteiger partial charge in [-0.2, -0.15) is 0 Å². The molecule has 1 rings (SSSR count). The van der Waals surface area contributed by atoms with Gasteiger partial charge >= 0.3 is 0 Å². The number of ether oxygens (including phenoxy) is 2. The topological polar surface area (TPSA) is 38.7 Å². The van der Waals surface area contributed by atoms with Crippen molar-refractivity contribution < 1.29 is 19.1 Å². The summed E-state index contributed by atoms with van der Waals surface area (Å²) < 4.78 is 12.0. The monoisotopic (exact) mass is 334 g/mol. The van der Waals surface area contributed by atoms with E-state index < -0.39 is 0 Å². The highest BCUT2D eigenvalue weighted by Crippen LogP contribution is 2.21. The molecule has 0 bridgehead atoms. The molecule has 0 aliphatic carbocycles. The maximum Gasteiger partial charge on any atom is 0.162 e. The number of aliphatic hydroxyl groups is 1. The van der Waals surface area contributed by atoms with Crippen molar-refractivity contribution in [2.45, 2.75) is 66.6 Å². The standard InChI is InChI=1S/C8H16O2.C6H16N.C5H12O/c1-4-7-5-9-8(2,3)10-6-7;1-5-6-7(2,3)4;1-3-5(2)4-6/h7H,4-6H2,1-3H3;5-6H2,1-4H3;5-6H,3-4H2,1-2H3/q;+1;. The summed E-state index contributed by atoms with van der Waals surface area (Å²) in [6.45, 7) is 15.7. The smallest absolute Gasteiger partial charge is 0.162 e. The minimum absolute atomic E-state index is 0.330. The predicted octanol–water partition coefficient (Wildman–Crippen LogP) is 3.92. The van der Waals surface area contributed by atoms with Crippen LogP contribution in [0.5, 0.6) is 0 Å². The van der Waals surface area contributed by atoms with Crippen LogP contribution < -0.4 is 0 Å². The van der Waals surface area contributed by atoms with Crippen LogP contribution in [0.4, 0.5) is 0 Å². The molecule has 4 heteroatoms. The second-order valence-electron chi connectivity index (χ2n) is 8.01. The van der Waals surface area contributed by atoms with Crippen molar-refractivity contribution in [3.8, 4) is 0 Å². The summed E-state index contributed by atoms with van der Waals surface area (Å²) in [5.41, 5.74) is 0. The van der Waals surface area contributed by atoms with Gasteiger partial charge < -0.3 is 19.1 Å². The molecule has 0 radical (unpaired) electrons. The van der Waals surface area contributed by atoms with Crippen LogP contribution >= 0.6 is 0 Å². The van der Waals surface area contributed by atoms with E-state index in [9.17, 15) is 0 Å². The summed E-state index contributed by atoms with van der Waals surface area (Å²) in [6, 6.07) is 0. The third kappa shape index (κ3) is 18.0. The van der Waals surface area contributed by atoms with Gasteiger partial charge in [-0.05, 0) is 32.6 Å². The van der Waals surface area contributed by atoms with E-state index in [1.54, 1.807) is 0 Å². The van der Waals surface area contributed by atoms with Crippen molar-refractivity contribution in [3.05, 3.63) is 0 Å². The Bertz CT molecular complexity index is 248. The lowest BCUT2D eigenvalue weighted by Gasteiger charge is -2.34. The fourth-order valence-corrected chi connectivity index (χ4v) is 1.76. The molecule has 0 spiro atoms. The molecule has 1 aliphatic heterocycles. The lowest BCUT2D eigenvalue weighted by Crippen LogP contribution is -2.38. The first kappa shape index (κ1) is 25.1. The fraction of sp³-hybridized carbons (Fsp3) is 1.00. The van der Waals surface area contributed by atoms with E-state index in [4.69, 9.17) is 14.6 Å². The molecule has 0 aromatic heterocycles. The van der Waals surface area contributed by atoms with Crippen LogP contribution in [0.3, 0.4) is 0 Å². The molecule has 4 nitrogen and oxygen atoms in total. The molecule has 0 aromatic carbocycles. The first-order chi connectivity index (χ1) is 10.5. The molecule has 0 saturated carbocycles. The van der Waals surface area contributed by atoms with Crippen molar-refractivity contribution >= 4 is 0 Å². The SMILES string of the molecule is CCC(C)CO.CCC1COC(C)(C)OC1.CCC[N+](C)(C)C. The van der Waals surface area contributed by atoms with E-state index in [1.165, 1.54) is 13.0 Å². The van der Waals surface area contributed by atoms with Gasteiger partial charge in [-0.15, -0.1) is 0 Å². The van der Waals surface area contributed by atoms with Crippen molar-refractivity contribution in [1.29, 1.82) is 0 Å². The third-order valence-corrected chi connectivity index (χ3v) is 3.81. The maximum atomic E-state index is 8.33. The van der Waals surface area contributed by atoms with Crippen LogP contribution in [0, 0.1) is 11.8 Å². The molecule has 1 atom stereocenters. The molecule has 142 valence electrons. The molecule has 1 fully saturated rings. The Morgan fingerprint density at radius 1 is 1.09 bits per heavy atom. The second-order valence-corrected chi connectivity index (χ2v) is 8.01. The number of nitrogens with zero attached hydrogens (tertiary/aromatic N) is 1. The zero-order valence-electron chi connectivity index (χ0n) is 17.3. The van der Waals surface area contributed by atoms with E-state index in [0.717, 1.165) is 30.5 Å². The number of rotatable bonds is 5. The molecule has 23 heavy (non-hydrogen) atoms. The average molecular weight is 335 g/mol. The summed E-state index contributed by atoms with van der Waals surface area (Å²) in [5, 5.41) is 8.33. The maximum absolute atomic E-state index is 8.33. The Balaban J connectivity index is 0. The Labute approximate surface area is 145 Å². The Morgan fingerprint density at radius 2 is 1.57 bits per heavy atom. The van der Waals surface area contributed by atoms with Gasteiger partial charge in [-0.1, -0.05) is 34.1 Å². The van der Waals surface area contributed by atoms with Gasteiger partial charge in [-0.25, -0.2) is 0 Å². The van der Waals surface area contributed by atoms with Gasteiger partial charge in [0.15, 0.2) is 5.79 Å². The lowest BCUT2D eigenvalue weighted by atomic mass is 10.1. The quantitative estimate of drug-likeness (QED) is 0.774. The summed E-state index contributed by atoms with van der Waals surface area (Å²) in [6.07, 6.45) is 3.51. The molecule has 0 aromatic rings. The Kier molecular flexibility index (Phi) is 14.4. The van der Waals surface area contributed by atoms with Crippen molar-refractivity contribution in [1.82, 2.24) is 0 Å². The van der Waals surface area contributed by atoms with Gasteiger partial charge in [0.25, 0.3) is 0 Å². The van der Waals surface area contributed by atoms with Crippen LogP contribution in [0.15, 0.2) is 0 Å². The summed E-state index contributed by atoms with van der Waals surface area (Å²) >= 11 is 0. The Morgan fingerprint density at radius 3 is 1.74 bits per heavy atom. The van der Waals surface area contributed by atoms with E-state index in [1.807, 2.05) is 20.8 Å². The van der Waals surface area contributed by atoms with Crippen LogP contribution in [0.1, 0.15) is 60.8 Å². The van der Waals surface area contributed by atoms with Gasteiger partial charge in [0.2, 0.25) is 0 Å². The minimum atomic E-state index is -0.342. The highest BCUT2D eigenvalue weighted by atomic mass is 16.7. The van der Waals surface area contributed by atoms with E-state index >= 15 is 0 Å². The Hall–Kier alpha value is -0.160. The second kappa shape index (κ2) is 13.2. The first-order valence-corrected chi connectivity index (χ1v) is 9.20. The molecule has 1 unspecified atom stereocenters. The lowest BCUT2D eigenvalue weighted by molar-refractivity contribution is -0.870. The van der Waals surface area contributed by atoms with E-state index in [2.05, 4.69) is 41.9 Å². The zero-order valence-corrected chi connectivity index (χ0v) is 17.3. The zero-order chi connectivity index (χ0) is 18.5. The number of quaternary nitrogens is 1. The molecule has 1 aliphatic rings. The van der Waals surface area contributed by atoms with Crippen molar-refractivity contribution in [2.24, 2.45) is 11.8 Å². The summed E-state index contributed by atoms with van der Waals surface area (Å²) in [5.74, 6) is 0.754. The van der Waals surface area contributed by atoms with Gasteiger partial charge in [0, 0.05) is 12.5 Å². The van der Waals surface area contributed by atoms with Gasteiger partial charge in [-0.3, -0.25) is 0 Å². The molecular weight excluding hydrogens is 290 g/mol. The predicted molar refractivity (Wildman–Crippen MR) is 99.5 cm³/mol. The van der Waals surface area contributed by atoms with Crippen LogP contribution in [-0.2, 0) is 9.47 Å². The van der Waals surface area contributed by atoms with Crippen molar-refractivity contribution in [2.75, 3.05) is 47.5 Å². The highest BCUT2D eigenvalue weighted by Gasteiger charge is 2.26. The van der Waals surface area contributed by atoms with E-state index in [0.29, 0.717) is 18.4 Å². The first-order valence-electron chi connectivity index (χ1n) is 9.20. The molecular formula is C19H44NO3+.